The molecule has 2 aromatic carbocycles. The molecule has 0 aliphatic heterocycles. The molecule has 0 bridgehead atoms. The van der Waals surface area contributed by atoms with Gasteiger partial charge < -0.3 is 19.5 Å². The molecule has 3 rings (SSSR count). The zero-order valence-electron chi connectivity index (χ0n) is 26.6. The molecule has 0 saturated heterocycles. The second kappa shape index (κ2) is 21.8. The highest BCUT2D eigenvalue weighted by molar-refractivity contribution is 5.79. The Balaban J connectivity index is 1.08. The van der Waals surface area contributed by atoms with E-state index in [-0.39, 0.29) is 25.1 Å². The van der Waals surface area contributed by atoms with Crippen molar-refractivity contribution >= 4 is 12.1 Å². The molecular weight excluding hydrogens is 538 g/mol. The lowest BCUT2D eigenvalue weighted by Crippen LogP contribution is -2.29. The minimum Gasteiger partial charge on any atom is -0.463 e. The van der Waals surface area contributed by atoms with Gasteiger partial charge in [0.25, 0.3) is 0 Å². The molecular formula is C37H55NO5. The second-order valence-corrected chi connectivity index (χ2v) is 11.8. The number of benzene rings is 2. The fourth-order valence-electron chi connectivity index (χ4n) is 5.90. The van der Waals surface area contributed by atoms with E-state index in [9.17, 15) is 9.59 Å². The van der Waals surface area contributed by atoms with Crippen LogP contribution in [-0.4, -0.2) is 45.0 Å². The fourth-order valence-corrected chi connectivity index (χ4v) is 5.90. The normalized spacial score (nSPS) is 12.1. The maximum Gasteiger partial charge on any atom is 0.407 e. The van der Waals surface area contributed by atoms with E-state index in [0.29, 0.717) is 26.2 Å². The maximum absolute atomic E-state index is 12.2. The first-order chi connectivity index (χ1) is 21.2. The molecule has 43 heavy (non-hydrogen) atoms. The molecule has 238 valence electrons. The molecule has 0 fully saturated rings. The largest absolute Gasteiger partial charge is 0.463 e. The van der Waals surface area contributed by atoms with Crippen molar-refractivity contribution in [1.29, 1.82) is 0 Å². The summed E-state index contributed by atoms with van der Waals surface area (Å²) < 4.78 is 16.3. The molecule has 1 aliphatic carbocycles. The number of carbonyl (C=O) groups is 2. The number of carbonyl (C=O) groups excluding carboxylic acids is 2. The van der Waals surface area contributed by atoms with Gasteiger partial charge in [-0.2, -0.15) is 0 Å². The number of rotatable bonds is 24. The Kier molecular flexibility index (Phi) is 17.5. The van der Waals surface area contributed by atoms with Gasteiger partial charge in [0.2, 0.25) is 0 Å². The van der Waals surface area contributed by atoms with E-state index in [1.807, 2.05) is 24.3 Å². The van der Waals surface area contributed by atoms with Gasteiger partial charge in [-0.3, -0.25) is 4.79 Å². The Hall–Kier alpha value is -2.86. The molecule has 0 heterocycles. The van der Waals surface area contributed by atoms with Crippen molar-refractivity contribution in [1.82, 2.24) is 5.32 Å². The van der Waals surface area contributed by atoms with Crippen LogP contribution in [0.15, 0.2) is 48.5 Å². The summed E-state index contributed by atoms with van der Waals surface area (Å²) in [6.07, 6.45) is 19.7. The van der Waals surface area contributed by atoms with Crippen molar-refractivity contribution in [3.63, 3.8) is 0 Å². The average Bonchev–Trinajstić information content (AvgIpc) is 3.35. The molecule has 0 unspecified atom stereocenters. The summed E-state index contributed by atoms with van der Waals surface area (Å²) in [5.41, 5.74) is 4.79. The maximum atomic E-state index is 12.2. The van der Waals surface area contributed by atoms with E-state index in [4.69, 9.17) is 14.2 Å². The minimum atomic E-state index is -0.458. The van der Waals surface area contributed by atoms with Crippen molar-refractivity contribution in [2.75, 3.05) is 33.0 Å². The van der Waals surface area contributed by atoms with Crippen LogP contribution in [0.2, 0.25) is 0 Å². The van der Waals surface area contributed by atoms with E-state index >= 15 is 0 Å². The number of fused-ring (bicyclic) bond motifs is 3. The van der Waals surface area contributed by atoms with Gasteiger partial charge >= 0.3 is 12.1 Å². The van der Waals surface area contributed by atoms with Crippen molar-refractivity contribution < 1.29 is 23.8 Å². The zero-order valence-corrected chi connectivity index (χ0v) is 26.6. The van der Waals surface area contributed by atoms with Crippen molar-refractivity contribution in [3.8, 4) is 11.1 Å². The smallest absolute Gasteiger partial charge is 0.407 e. The van der Waals surface area contributed by atoms with E-state index in [2.05, 4.69) is 36.5 Å². The Morgan fingerprint density at radius 3 is 1.70 bits per heavy atom. The highest BCUT2D eigenvalue weighted by Crippen LogP contribution is 2.44. The van der Waals surface area contributed by atoms with Gasteiger partial charge in [0.15, 0.2) is 0 Å². The number of nitrogens with one attached hydrogen (secondary N) is 1. The highest BCUT2D eigenvalue weighted by atomic mass is 16.6. The van der Waals surface area contributed by atoms with Crippen LogP contribution in [0.25, 0.3) is 11.1 Å². The third-order valence-electron chi connectivity index (χ3n) is 8.33. The Labute approximate surface area is 260 Å². The first kappa shape index (κ1) is 34.6. The van der Waals surface area contributed by atoms with Gasteiger partial charge in [-0.1, -0.05) is 145 Å². The van der Waals surface area contributed by atoms with Crippen LogP contribution >= 0.6 is 0 Å². The van der Waals surface area contributed by atoms with Crippen molar-refractivity contribution in [3.05, 3.63) is 59.7 Å². The SMILES string of the molecule is CCCCCCCCCCCCCCCCCC(=O)OCCOCCNC(=O)OCC1c2ccccc2-c2ccccc21. The van der Waals surface area contributed by atoms with Crippen LogP contribution in [-0.2, 0) is 19.0 Å². The molecule has 1 aliphatic rings. The van der Waals surface area contributed by atoms with E-state index in [1.54, 1.807) is 0 Å². The van der Waals surface area contributed by atoms with E-state index in [1.165, 1.54) is 106 Å². The lowest BCUT2D eigenvalue weighted by molar-refractivity contribution is -0.145. The summed E-state index contributed by atoms with van der Waals surface area (Å²) in [4.78, 5) is 24.2. The van der Waals surface area contributed by atoms with Gasteiger partial charge in [-0.25, -0.2) is 4.79 Å². The molecule has 0 spiro atoms. The molecule has 6 nitrogen and oxygen atoms in total. The van der Waals surface area contributed by atoms with Crippen molar-refractivity contribution in [2.45, 2.75) is 116 Å². The summed E-state index contributed by atoms with van der Waals surface area (Å²) in [6, 6.07) is 16.5. The van der Waals surface area contributed by atoms with Crippen LogP contribution in [0.1, 0.15) is 127 Å². The molecule has 0 atom stereocenters. The monoisotopic (exact) mass is 593 g/mol. The summed E-state index contributed by atoms with van der Waals surface area (Å²) in [5, 5.41) is 2.73. The standard InChI is InChI=1S/C37H55NO5/c1-2-3-4-5-6-7-8-9-10-11-12-13-14-15-16-25-36(39)42-29-28-41-27-26-38-37(40)43-30-35-33-23-19-17-21-31(33)32-22-18-20-24-34(32)35/h17-24,35H,2-16,25-30H2,1H3,(H,38,40). The van der Waals surface area contributed by atoms with Gasteiger partial charge in [0.1, 0.15) is 13.2 Å². The van der Waals surface area contributed by atoms with E-state index in [0.717, 1.165) is 12.8 Å². The zero-order chi connectivity index (χ0) is 30.4. The van der Waals surface area contributed by atoms with Crippen LogP contribution < -0.4 is 5.32 Å². The molecule has 0 radical (unpaired) electrons. The number of ether oxygens (including phenoxy) is 3. The predicted molar refractivity (Wildman–Crippen MR) is 174 cm³/mol. The topological polar surface area (TPSA) is 73.9 Å². The van der Waals surface area contributed by atoms with Crippen LogP contribution in [0.4, 0.5) is 4.79 Å². The van der Waals surface area contributed by atoms with Crippen LogP contribution in [0, 0.1) is 0 Å². The average molecular weight is 594 g/mol. The summed E-state index contributed by atoms with van der Waals surface area (Å²) in [7, 11) is 0. The lowest BCUT2D eigenvalue weighted by atomic mass is 9.98. The predicted octanol–water partition coefficient (Wildman–Crippen LogP) is 9.35. The number of esters is 1. The van der Waals surface area contributed by atoms with Gasteiger partial charge in [0, 0.05) is 18.9 Å². The summed E-state index contributed by atoms with van der Waals surface area (Å²) >= 11 is 0. The third-order valence-corrected chi connectivity index (χ3v) is 8.33. The van der Waals surface area contributed by atoms with Gasteiger partial charge in [-0.05, 0) is 28.7 Å². The molecule has 1 amide bonds. The fraction of sp³-hybridized carbons (Fsp3) is 0.622. The Bertz CT molecular complexity index is 1010. The Morgan fingerprint density at radius 2 is 1.14 bits per heavy atom. The van der Waals surface area contributed by atoms with Gasteiger partial charge in [-0.15, -0.1) is 0 Å². The second-order valence-electron chi connectivity index (χ2n) is 11.8. The first-order valence-corrected chi connectivity index (χ1v) is 17.0. The van der Waals surface area contributed by atoms with Crippen LogP contribution in [0.3, 0.4) is 0 Å². The minimum absolute atomic E-state index is 0.0402. The number of amides is 1. The summed E-state index contributed by atoms with van der Waals surface area (Å²) in [6.45, 7) is 3.79. The molecule has 0 saturated carbocycles. The molecule has 6 heteroatoms. The van der Waals surface area contributed by atoms with Gasteiger partial charge in [0.05, 0.1) is 13.2 Å². The number of unbranched alkanes of at least 4 members (excludes halogenated alkanes) is 14. The van der Waals surface area contributed by atoms with Crippen LogP contribution in [0.5, 0.6) is 0 Å². The number of hydrogen-bond acceptors (Lipinski definition) is 5. The van der Waals surface area contributed by atoms with E-state index < -0.39 is 6.09 Å². The number of alkyl carbamates (subject to hydrolysis) is 1. The first-order valence-electron chi connectivity index (χ1n) is 17.0. The molecule has 1 N–H and O–H groups in total. The molecule has 2 aromatic rings. The van der Waals surface area contributed by atoms with Crippen molar-refractivity contribution in [2.24, 2.45) is 0 Å². The Morgan fingerprint density at radius 1 is 0.628 bits per heavy atom. The summed E-state index contributed by atoms with van der Waals surface area (Å²) in [5.74, 6) is -0.117. The lowest BCUT2D eigenvalue weighted by Gasteiger charge is -2.14. The highest BCUT2D eigenvalue weighted by Gasteiger charge is 2.28. The number of hydrogen-bond donors (Lipinski definition) is 1. The quantitative estimate of drug-likeness (QED) is 0.0970. The molecule has 0 aromatic heterocycles. The third kappa shape index (κ3) is 13.5.